The maximum atomic E-state index is 12.5. The SMILES string of the molecule is CCCN(CC)S(=O)(=O)c1ccc(Cl)c(CN)c1Cl. The van der Waals surface area contributed by atoms with Crippen LogP contribution in [0.1, 0.15) is 25.8 Å². The molecule has 0 fully saturated rings. The van der Waals surface area contributed by atoms with Crippen molar-refractivity contribution >= 4 is 33.2 Å². The van der Waals surface area contributed by atoms with Gasteiger partial charge in [0, 0.05) is 30.2 Å². The zero-order valence-electron chi connectivity index (χ0n) is 11.0. The Bertz CT molecular complexity index is 547. The van der Waals surface area contributed by atoms with Gasteiger partial charge in [0.15, 0.2) is 0 Å². The lowest BCUT2D eigenvalue weighted by Crippen LogP contribution is -2.32. The molecule has 1 aromatic carbocycles. The van der Waals surface area contributed by atoms with E-state index in [1.807, 2.05) is 6.92 Å². The van der Waals surface area contributed by atoms with Crippen LogP contribution in [0.4, 0.5) is 0 Å². The molecule has 0 radical (unpaired) electrons. The summed E-state index contributed by atoms with van der Waals surface area (Å²) in [6, 6.07) is 2.94. The van der Waals surface area contributed by atoms with Gasteiger partial charge in [-0.1, -0.05) is 37.0 Å². The first-order chi connectivity index (χ1) is 8.89. The van der Waals surface area contributed by atoms with E-state index in [0.717, 1.165) is 6.42 Å². The molecule has 2 N–H and O–H groups in total. The summed E-state index contributed by atoms with van der Waals surface area (Å²) in [7, 11) is -3.61. The van der Waals surface area contributed by atoms with E-state index in [2.05, 4.69) is 0 Å². The summed E-state index contributed by atoms with van der Waals surface area (Å²) < 4.78 is 26.4. The number of benzene rings is 1. The van der Waals surface area contributed by atoms with E-state index < -0.39 is 10.0 Å². The largest absolute Gasteiger partial charge is 0.326 e. The highest BCUT2D eigenvalue weighted by Gasteiger charge is 2.26. The minimum absolute atomic E-state index is 0.0642. The first-order valence-electron chi connectivity index (χ1n) is 6.07. The third-order valence-corrected chi connectivity index (χ3v) is 5.71. The minimum atomic E-state index is -3.61. The molecule has 0 unspecified atom stereocenters. The number of nitrogens with zero attached hydrogens (tertiary/aromatic N) is 1. The van der Waals surface area contributed by atoms with Crippen molar-refractivity contribution in [1.29, 1.82) is 0 Å². The molecule has 19 heavy (non-hydrogen) atoms. The van der Waals surface area contributed by atoms with E-state index >= 15 is 0 Å². The molecule has 7 heteroatoms. The van der Waals surface area contributed by atoms with Crippen LogP contribution < -0.4 is 5.73 Å². The quantitative estimate of drug-likeness (QED) is 0.875. The zero-order valence-corrected chi connectivity index (χ0v) is 13.3. The van der Waals surface area contributed by atoms with Gasteiger partial charge in [-0.05, 0) is 18.6 Å². The van der Waals surface area contributed by atoms with Gasteiger partial charge in [0.1, 0.15) is 4.90 Å². The molecular weight excluding hydrogens is 307 g/mol. The Hall–Kier alpha value is -0.330. The van der Waals surface area contributed by atoms with Crippen molar-refractivity contribution in [1.82, 2.24) is 4.31 Å². The number of sulfonamides is 1. The van der Waals surface area contributed by atoms with Gasteiger partial charge >= 0.3 is 0 Å². The summed E-state index contributed by atoms with van der Waals surface area (Å²) in [6.45, 7) is 4.66. The summed E-state index contributed by atoms with van der Waals surface area (Å²) in [6.07, 6.45) is 0.738. The van der Waals surface area contributed by atoms with Crippen LogP contribution in [0.2, 0.25) is 10.0 Å². The van der Waals surface area contributed by atoms with Crippen LogP contribution in [-0.4, -0.2) is 25.8 Å². The van der Waals surface area contributed by atoms with Gasteiger partial charge in [0.25, 0.3) is 0 Å². The van der Waals surface area contributed by atoms with Crippen LogP contribution >= 0.6 is 23.2 Å². The molecule has 0 spiro atoms. The van der Waals surface area contributed by atoms with Crippen LogP contribution in [0.25, 0.3) is 0 Å². The molecule has 108 valence electrons. The second-order valence-electron chi connectivity index (χ2n) is 4.04. The van der Waals surface area contributed by atoms with Crippen LogP contribution in [0.5, 0.6) is 0 Å². The van der Waals surface area contributed by atoms with Crippen molar-refractivity contribution < 1.29 is 8.42 Å². The van der Waals surface area contributed by atoms with Gasteiger partial charge in [0.05, 0.1) is 5.02 Å². The van der Waals surface area contributed by atoms with E-state index in [1.54, 1.807) is 6.92 Å². The Labute approximate surface area is 124 Å². The van der Waals surface area contributed by atoms with Crippen LogP contribution in [0, 0.1) is 0 Å². The predicted molar refractivity (Wildman–Crippen MR) is 79.1 cm³/mol. The second kappa shape index (κ2) is 6.90. The number of halogens is 2. The highest BCUT2D eigenvalue weighted by atomic mass is 35.5. The molecule has 0 atom stereocenters. The van der Waals surface area contributed by atoms with Crippen molar-refractivity contribution in [3.8, 4) is 0 Å². The van der Waals surface area contributed by atoms with E-state index in [9.17, 15) is 8.42 Å². The predicted octanol–water partition coefficient (Wildman–Crippen LogP) is 2.87. The van der Waals surface area contributed by atoms with Gasteiger partial charge in [-0.2, -0.15) is 4.31 Å². The normalized spacial score (nSPS) is 12.1. The van der Waals surface area contributed by atoms with Gasteiger partial charge in [-0.25, -0.2) is 8.42 Å². The molecule has 1 rings (SSSR count). The Morgan fingerprint density at radius 3 is 2.37 bits per heavy atom. The first kappa shape index (κ1) is 16.7. The lowest BCUT2D eigenvalue weighted by molar-refractivity contribution is 0.427. The molecule has 1 aromatic rings. The maximum absolute atomic E-state index is 12.5. The Morgan fingerprint density at radius 1 is 1.26 bits per heavy atom. The standard InChI is InChI=1S/C12H18Cl2N2O2S/c1-3-7-16(4-2)19(17,18)11-6-5-10(13)9(8-15)12(11)14/h5-6H,3-4,7-8,15H2,1-2H3. The fourth-order valence-corrected chi connectivity index (χ4v) is 4.25. The van der Waals surface area contributed by atoms with Crippen LogP contribution in [0.15, 0.2) is 17.0 Å². The summed E-state index contributed by atoms with van der Waals surface area (Å²) in [5, 5.41) is 0.495. The molecule has 0 aliphatic heterocycles. The molecule has 0 aliphatic carbocycles. The zero-order chi connectivity index (χ0) is 14.6. The highest BCUT2D eigenvalue weighted by Crippen LogP contribution is 2.32. The Balaban J connectivity index is 3.37. The fourth-order valence-electron chi connectivity index (χ4n) is 1.80. The smallest absolute Gasteiger partial charge is 0.244 e. The Kier molecular flexibility index (Phi) is 6.08. The van der Waals surface area contributed by atoms with E-state index in [-0.39, 0.29) is 16.5 Å². The van der Waals surface area contributed by atoms with Crippen molar-refractivity contribution in [3.63, 3.8) is 0 Å². The highest BCUT2D eigenvalue weighted by molar-refractivity contribution is 7.89. The molecule has 0 amide bonds. The third-order valence-electron chi connectivity index (χ3n) is 2.80. The Morgan fingerprint density at radius 2 is 1.89 bits per heavy atom. The van der Waals surface area contributed by atoms with E-state index in [0.29, 0.717) is 23.7 Å². The van der Waals surface area contributed by atoms with Gasteiger partial charge in [0.2, 0.25) is 10.0 Å². The molecular formula is C12H18Cl2N2O2S. The van der Waals surface area contributed by atoms with Crippen molar-refractivity contribution in [3.05, 3.63) is 27.7 Å². The average molecular weight is 325 g/mol. The summed E-state index contributed by atoms with van der Waals surface area (Å²) in [5.41, 5.74) is 6.01. The summed E-state index contributed by atoms with van der Waals surface area (Å²) in [5.74, 6) is 0. The number of rotatable bonds is 6. The van der Waals surface area contributed by atoms with Crippen LogP contribution in [-0.2, 0) is 16.6 Å². The van der Waals surface area contributed by atoms with Crippen molar-refractivity contribution in [2.45, 2.75) is 31.7 Å². The molecule has 0 saturated carbocycles. The van der Waals surface area contributed by atoms with E-state index in [4.69, 9.17) is 28.9 Å². The monoisotopic (exact) mass is 324 g/mol. The molecule has 0 heterocycles. The number of nitrogens with two attached hydrogens (primary N) is 1. The fraction of sp³-hybridized carbons (Fsp3) is 0.500. The molecule has 0 bridgehead atoms. The third kappa shape index (κ3) is 3.41. The lowest BCUT2D eigenvalue weighted by atomic mass is 10.2. The summed E-state index contributed by atoms with van der Waals surface area (Å²) in [4.78, 5) is 0.0642. The van der Waals surface area contributed by atoms with E-state index in [1.165, 1.54) is 16.4 Å². The van der Waals surface area contributed by atoms with Crippen molar-refractivity contribution in [2.75, 3.05) is 13.1 Å². The molecule has 0 saturated heterocycles. The lowest BCUT2D eigenvalue weighted by Gasteiger charge is -2.21. The topological polar surface area (TPSA) is 63.4 Å². The first-order valence-corrected chi connectivity index (χ1v) is 8.26. The average Bonchev–Trinajstić information content (AvgIpc) is 2.35. The second-order valence-corrected chi connectivity index (χ2v) is 6.73. The molecule has 0 aliphatic rings. The summed E-state index contributed by atoms with van der Waals surface area (Å²) >= 11 is 12.1. The maximum Gasteiger partial charge on any atom is 0.244 e. The van der Waals surface area contributed by atoms with Gasteiger partial charge in [-0.3, -0.25) is 0 Å². The van der Waals surface area contributed by atoms with Crippen LogP contribution in [0.3, 0.4) is 0 Å². The molecule has 0 aromatic heterocycles. The van der Waals surface area contributed by atoms with Gasteiger partial charge in [-0.15, -0.1) is 0 Å². The minimum Gasteiger partial charge on any atom is -0.326 e. The van der Waals surface area contributed by atoms with Gasteiger partial charge < -0.3 is 5.73 Å². The van der Waals surface area contributed by atoms with Crippen molar-refractivity contribution in [2.24, 2.45) is 5.73 Å². The molecule has 4 nitrogen and oxygen atoms in total. The number of hydrogen-bond donors (Lipinski definition) is 1. The number of hydrogen-bond acceptors (Lipinski definition) is 3.